The van der Waals surface area contributed by atoms with Gasteiger partial charge in [0.25, 0.3) is 0 Å². The van der Waals surface area contributed by atoms with Gasteiger partial charge in [-0.25, -0.2) is 0 Å². The Morgan fingerprint density at radius 3 is 1.25 bits per heavy atom. The van der Waals surface area contributed by atoms with Crippen LogP contribution in [0.15, 0.2) is 133 Å². The summed E-state index contributed by atoms with van der Waals surface area (Å²) in [6, 6.07) is 52.7. The molecule has 6 aromatic rings. The van der Waals surface area contributed by atoms with Gasteiger partial charge >= 0.3 is 0 Å². The lowest BCUT2D eigenvalue weighted by Crippen LogP contribution is -2.08. The van der Waals surface area contributed by atoms with Crippen LogP contribution in [-0.2, 0) is 12.8 Å². The zero-order valence-electron chi connectivity index (χ0n) is 30.5. The molecule has 0 nitrogen and oxygen atoms in total. The molecule has 0 aromatic heterocycles. The van der Waals surface area contributed by atoms with Crippen LogP contribution >= 0.6 is 0 Å². The van der Waals surface area contributed by atoms with E-state index in [9.17, 15) is 0 Å². The molecule has 2 aliphatic carbocycles. The van der Waals surface area contributed by atoms with Crippen LogP contribution in [0.2, 0.25) is 12.1 Å². The van der Waals surface area contributed by atoms with Crippen LogP contribution in [0.3, 0.4) is 0 Å². The van der Waals surface area contributed by atoms with Gasteiger partial charge in [-0.3, -0.25) is 0 Å². The SMILES string of the molecule is CCc1ccccc1-c1c(C)ccc2c1C=C(c1ccccc1)C2C[SiH2]CC1C(c2ccccc2)=Cc2c1ccc(C)c2-c1ccccc1CC. The molecule has 8 rings (SSSR count). The summed E-state index contributed by atoms with van der Waals surface area (Å²) in [6.45, 7) is 9.15. The van der Waals surface area contributed by atoms with Crippen LogP contribution in [0.25, 0.3) is 45.6 Å². The van der Waals surface area contributed by atoms with Gasteiger partial charge in [-0.1, -0.05) is 159 Å². The van der Waals surface area contributed by atoms with E-state index in [2.05, 4.69) is 173 Å². The van der Waals surface area contributed by atoms with Gasteiger partial charge in [-0.05, 0) is 128 Å². The Morgan fingerprint density at radius 1 is 0.451 bits per heavy atom. The Morgan fingerprint density at radius 2 is 0.843 bits per heavy atom. The molecule has 0 spiro atoms. The van der Waals surface area contributed by atoms with Crippen LogP contribution in [0.5, 0.6) is 0 Å². The molecule has 2 unspecified atom stereocenters. The van der Waals surface area contributed by atoms with Crippen LogP contribution in [0.4, 0.5) is 0 Å². The highest BCUT2D eigenvalue weighted by atomic mass is 28.2. The first-order chi connectivity index (χ1) is 25.1. The standard InChI is InChI=1S/C50H48Si/c1-5-35-17-13-15-23-39(35)49-33(3)25-27-41-45(49)29-43(37-19-9-7-10-20-37)47(41)31-51-32-48-42-28-26-34(4)50(40-24-16-14-18-36(40)6-2)46(42)30-44(48)38-21-11-8-12-22-38/h7-30,47-48H,5-6,31-32,51H2,1-4H3. The lowest BCUT2D eigenvalue weighted by atomic mass is 9.87. The molecule has 0 amide bonds. The molecular formula is C50H48Si. The minimum Gasteiger partial charge on any atom is -0.0622 e. The van der Waals surface area contributed by atoms with Crippen molar-refractivity contribution in [2.45, 2.75) is 64.5 Å². The summed E-state index contributed by atoms with van der Waals surface area (Å²) in [4.78, 5) is 0. The molecule has 0 aliphatic heterocycles. The highest BCUT2D eigenvalue weighted by molar-refractivity contribution is 6.37. The van der Waals surface area contributed by atoms with Crippen molar-refractivity contribution in [3.63, 3.8) is 0 Å². The van der Waals surface area contributed by atoms with Crippen molar-refractivity contribution >= 4 is 32.8 Å². The maximum Gasteiger partial charge on any atom is 0.0219 e. The third-order valence-electron chi connectivity index (χ3n) is 11.6. The van der Waals surface area contributed by atoms with E-state index in [-0.39, 0.29) is 0 Å². The first-order valence-corrected chi connectivity index (χ1v) is 21.0. The molecule has 0 heterocycles. The maximum absolute atomic E-state index is 2.55. The average molecular weight is 677 g/mol. The molecule has 2 atom stereocenters. The molecule has 0 fully saturated rings. The molecule has 2 aliphatic rings. The summed E-state index contributed by atoms with van der Waals surface area (Å²) in [6.07, 6.45) is 7.18. The van der Waals surface area contributed by atoms with Crippen molar-refractivity contribution < 1.29 is 0 Å². The van der Waals surface area contributed by atoms with Crippen LogP contribution in [0.1, 0.15) is 81.3 Å². The Bertz CT molecular complexity index is 2110. The Labute approximate surface area is 307 Å². The van der Waals surface area contributed by atoms with Gasteiger partial charge in [0.1, 0.15) is 0 Å². The van der Waals surface area contributed by atoms with Crippen LogP contribution < -0.4 is 0 Å². The Hall–Kier alpha value is -4.98. The summed E-state index contributed by atoms with van der Waals surface area (Å²) in [5.74, 6) is 0.856. The van der Waals surface area contributed by atoms with E-state index < -0.39 is 9.52 Å². The van der Waals surface area contributed by atoms with Gasteiger partial charge in [0, 0.05) is 21.4 Å². The smallest absolute Gasteiger partial charge is 0.0219 e. The normalized spacial score (nSPS) is 16.3. The lowest BCUT2D eigenvalue weighted by molar-refractivity contribution is 0.953. The number of hydrogen-bond donors (Lipinski definition) is 0. The fourth-order valence-electron chi connectivity index (χ4n) is 9.09. The molecule has 0 radical (unpaired) electrons. The van der Waals surface area contributed by atoms with E-state index in [1.807, 2.05) is 0 Å². The van der Waals surface area contributed by atoms with Crippen LogP contribution in [0, 0.1) is 13.8 Å². The van der Waals surface area contributed by atoms with Gasteiger partial charge < -0.3 is 0 Å². The van der Waals surface area contributed by atoms with E-state index in [1.54, 1.807) is 0 Å². The first-order valence-electron chi connectivity index (χ1n) is 19.0. The van der Waals surface area contributed by atoms with Crippen molar-refractivity contribution in [2.24, 2.45) is 0 Å². The number of benzene rings is 6. The van der Waals surface area contributed by atoms with Crippen molar-refractivity contribution in [2.75, 3.05) is 0 Å². The van der Waals surface area contributed by atoms with Gasteiger partial charge in [-0.2, -0.15) is 0 Å². The second-order valence-electron chi connectivity index (χ2n) is 14.5. The number of aryl methyl sites for hydroxylation is 4. The van der Waals surface area contributed by atoms with E-state index in [4.69, 9.17) is 0 Å². The fourth-order valence-corrected chi connectivity index (χ4v) is 11.4. The van der Waals surface area contributed by atoms with E-state index >= 15 is 0 Å². The Balaban J connectivity index is 1.17. The molecule has 0 saturated heterocycles. The third kappa shape index (κ3) is 6.08. The van der Waals surface area contributed by atoms with Crippen molar-refractivity contribution in [3.8, 4) is 22.3 Å². The third-order valence-corrected chi connectivity index (χ3v) is 13.6. The van der Waals surface area contributed by atoms with Crippen molar-refractivity contribution in [1.29, 1.82) is 0 Å². The highest BCUT2D eigenvalue weighted by Crippen LogP contribution is 2.51. The second-order valence-corrected chi connectivity index (χ2v) is 16.4. The first kappa shape index (κ1) is 33.2. The van der Waals surface area contributed by atoms with Crippen molar-refractivity contribution in [1.82, 2.24) is 0 Å². The molecule has 0 bridgehead atoms. The largest absolute Gasteiger partial charge is 0.0622 e. The van der Waals surface area contributed by atoms with E-state index in [0.717, 1.165) is 12.8 Å². The summed E-state index contributed by atoms with van der Waals surface area (Å²) < 4.78 is 0. The lowest BCUT2D eigenvalue weighted by Gasteiger charge is -2.22. The molecule has 0 saturated carbocycles. The van der Waals surface area contributed by atoms with Crippen molar-refractivity contribution in [3.05, 3.63) is 189 Å². The molecule has 51 heavy (non-hydrogen) atoms. The molecule has 6 aromatic carbocycles. The summed E-state index contributed by atoms with van der Waals surface area (Å²) in [7, 11) is -0.476. The fraction of sp³-hybridized carbons (Fsp3) is 0.200. The second kappa shape index (κ2) is 14.3. The zero-order valence-corrected chi connectivity index (χ0v) is 32.0. The zero-order chi connectivity index (χ0) is 34.9. The summed E-state index contributed by atoms with van der Waals surface area (Å²) in [5.41, 5.74) is 22.9. The van der Waals surface area contributed by atoms with Gasteiger partial charge in [0.2, 0.25) is 0 Å². The Kier molecular flexibility index (Phi) is 9.32. The van der Waals surface area contributed by atoms with Gasteiger partial charge in [0.05, 0.1) is 0 Å². The molecule has 1 heteroatoms. The number of hydrogen-bond acceptors (Lipinski definition) is 0. The summed E-state index contributed by atoms with van der Waals surface area (Å²) in [5, 5.41) is 0. The minimum atomic E-state index is -0.476. The van der Waals surface area contributed by atoms with Gasteiger partial charge in [0.15, 0.2) is 0 Å². The predicted octanol–water partition coefficient (Wildman–Crippen LogP) is 12.7. The predicted molar refractivity (Wildman–Crippen MR) is 224 cm³/mol. The monoisotopic (exact) mass is 676 g/mol. The van der Waals surface area contributed by atoms with Gasteiger partial charge in [-0.15, -0.1) is 0 Å². The number of rotatable bonds is 10. The van der Waals surface area contributed by atoms with E-state index in [1.165, 1.54) is 101 Å². The topological polar surface area (TPSA) is 0 Å². The number of allylic oxidation sites excluding steroid dienone is 2. The minimum absolute atomic E-state index is 0.428. The summed E-state index contributed by atoms with van der Waals surface area (Å²) >= 11 is 0. The molecule has 0 N–H and O–H groups in total. The molecule has 252 valence electrons. The van der Waals surface area contributed by atoms with E-state index in [0.29, 0.717) is 11.8 Å². The number of fused-ring (bicyclic) bond motifs is 2. The van der Waals surface area contributed by atoms with Crippen LogP contribution in [-0.4, -0.2) is 9.52 Å². The molecular weight excluding hydrogens is 629 g/mol. The maximum atomic E-state index is 2.55. The highest BCUT2D eigenvalue weighted by Gasteiger charge is 2.32. The quantitative estimate of drug-likeness (QED) is 0.127. The average Bonchev–Trinajstić information content (AvgIpc) is 3.74.